The minimum absolute atomic E-state index is 0.118. The zero-order valence-corrected chi connectivity index (χ0v) is 8.49. The topological polar surface area (TPSA) is 29.1 Å². The quantitative estimate of drug-likeness (QED) is 0.785. The van der Waals surface area contributed by atoms with Gasteiger partial charge >= 0.3 is 0 Å². The average molecular weight is 195 g/mol. The van der Waals surface area contributed by atoms with E-state index in [1.807, 2.05) is 16.8 Å². The van der Waals surface area contributed by atoms with Crippen LogP contribution < -0.4 is 5.32 Å². The van der Waals surface area contributed by atoms with Gasteiger partial charge in [0.05, 0.1) is 6.42 Å². The van der Waals surface area contributed by atoms with E-state index in [1.165, 1.54) is 0 Å². The molecule has 1 aliphatic carbocycles. The molecule has 0 radical (unpaired) electrons. The van der Waals surface area contributed by atoms with Crippen molar-refractivity contribution in [2.75, 3.05) is 0 Å². The molecule has 0 bridgehead atoms. The number of rotatable bonds is 3. The molecule has 0 spiro atoms. The van der Waals surface area contributed by atoms with Crippen LogP contribution in [-0.2, 0) is 11.2 Å². The first kappa shape index (κ1) is 8.75. The zero-order chi connectivity index (χ0) is 9.31. The molecule has 1 amide bonds. The molecule has 2 rings (SSSR count). The Morgan fingerprint density at radius 2 is 2.46 bits per heavy atom. The van der Waals surface area contributed by atoms with Crippen molar-refractivity contribution in [2.24, 2.45) is 0 Å². The average Bonchev–Trinajstić information content (AvgIpc) is 2.61. The summed E-state index contributed by atoms with van der Waals surface area (Å²) in [5.74, 6) is 0.151. The van der Waals surface area contributed by atoms with E-state index in [1.54, 1.807) is 11.3 Å². The number of hydrogen-bond acceptors (Lipinski definition) is 2. The van der Waals surface area contributed by atoms with Crippen LogP contribution in [0.1, 0.15) is 25.3 Å². The highest BCUT2D eigenvalue weighted by Crippen LogP contribution is 2.34. The van der Waals surface area contributed by atoms with Crippen LogP contribution in [-0.4, -0.2) is 11.4 Å². The lowest BCUT2D eigenvalue weighted by Gasteiger charge is -2.10. The van der Waals surface area contributed by atoms with Gasteiger partial charge in [0, 0.05) is 5.54 Å². The highest BCUT2D eigenvalue weighted by Gasteiger charge is 2.38. The van der Waals surface area contributed by atoms with E-state index >= 15 is 0 Å². The summed E-state index contributed by atoms with van der Waals surface area (Å²) in [7, 11) is 0. The van der Waals surface area contributed by atoms with Crippen LogP contribution in [0.15, 0.2) is 16.8 Å². The molecule has 1 heterocycles. The molecule has 3 heteroatoms. The van der Waals surface area contributed by atoms with Gasteiger partial charge in [0.25, 0.3) is 0 Å². The van der Waals surface area contributed by atoms with Gasteiger partial charge in [-0.2, -0.15) is 11.3 Å². The van der Waals surface area contributed by atoms with Gasteiger partial charge in [0.15, 0.2) is 0 Å². The van der Waals surface area contributed by atoms with Gasteiger partial charge in [0.2, 0.25) is 5.91 Å². The number of thiophene rings is 1. The summed E-state index contributed by atoms with van der Waals surface area (Å²) < 4.78 is 0. The van der Waals surface area contributed by atoms with Gasteiger partial charge in [0.1, 0.15) is 0 Å². The van der Waals surface area contributed by atoms with Gasteiger partial charge in [-0.1, -0.05) is 0 Å². The highest BCUT2D eigenvalue weighted by atomic mass is 32.1. The molecule has 0 aliphatic heterocycles. The largest absolute Gasteiger partial charge is 0.351 e. The molecular formula is C10H13NOS. The van der Waals surface area contributed by atoms with Crippen molar-refractivity contribution in [2.45, 2.75) is 31.7 Å². The van der Waals surface area contributed by atoms with Crippen LogP contribution in [0.5, 0.6) is 0 Å². The first-order valence-corrected chi connectivity index (χ1v) is 5.44. The van der Waals surface area contributed by atoms with E-state index in [2.05, 4.69) is 12.2 Å². The predicted octanol–water partition coefficient (Wildman–Crippen LogP) is 1.96. The summed E-state index contributed by atoms with van der Waals surface area (Å²) in [4.78, 5) is 11.5. The standard InChI is InChI=1S/C10H13NOS/c1-10(3-4-10)11-9(12)6-8-2-5-13-7-8/h2,5,7H,3-4,6H2,1H3,(H,11,12). The van der Waals surface area contributed by atoms with E-state index in [4.69, 9.17) is 0 Å². The van der Waals surface area contributed by atoms with Gasteiger partial charge in [-0.3, -0.25) is 4.79 Å². The van der Waals surface area contributed by atoms with E-state index in [0.717, 1.165) is 18.4 Å². The van der Waals surface area contributed by atoms with Crippen molar-refractivity contribution in [1.29, 1.82) is 0 Å². The van der Waals surface area contributed by atoms with Crippen molar-refractivity contribution in [3.8, 4) is 0 Å². The monoisotopic (exact) mass is 195 g/mol. The Morgan fingerprint density at radius 1 is 1.69 bits per heavy atom. The minimum Gasteiger partial charge on any atom is -0.351 e. The lowest BCUT2D eigenvalue weighted by molar-refractivity contribution is -0.121. The van der Waals surface area contributed by atoms with Crippen molar-refractivity contribution < 1.29 is 4.79 Å². The molecule has 1 fully saturated rings. The number of hydrogen-bond donors (Lipinski definition) is 1. The summed E-state index contributed by atoms with van der Waals surface area (Å²) in [5.41, 5.74) is 1.24. The van der Waals surface area contributed by atoms with Gasteiger partial charge in [-0.25, -0.2) is 0 Å². The fourth-order valence-corrected chi connectivity index (χ4v) is 1.94. The highest BCUT2D eigenvalue weighted by molar-refractivity contribution is 7.07. The maximum Gasteiger partial charge on any atom is 0.224 e. The van der Waals surface area contributed by atoms with E-state index in [0.29, 0.717) is 6.42 Å². The molecule has 0 aromatic carbocycles. The molecule has 0 atom stereocenters. The van der Waals surface area contributed by atoms with Crippen molar-refractivity contribution >= 4 is 17.2 Å². The Labute approximate surface area is 82.0 Å². The molecule has 1 saturated carbocycles. The zero-order valence-electron chi connectivity index (χ0n) is 7.67. The van der Waals surface area contributed by atoms with Gasteiger partial charge in [-0.05, 0) is 42.2 Å². The Hall–Kier alpha value is -0.830. The second-order valence-corrected chi connectivity index (χ2v) is 4.70. The summed E-state index contributed by atoms with van der Waals surface area (Å²) >= 11 is 1.64. The molecule has 70 valence electrons. The van der Waals surface area contributed by atoms with Crippen LogP contribution >= 0.6 is 11.3 Å². The SMILES string of the molecule is CC1(NC(=O)Cc2ccsc2)CC1. The third-order valence-electron chi connectivity index (χ3n) is 2.39. The molecule has 1 aliphatic rings. The van der Waals surface area contributed by atoms with Crippen LogP contribution in [0.2, 0.25) is 0 Å². The third kappa shape index (κ3) is 2.31. The van der Waals surface area contributed by atoms with Crippen molar-refractivity contribution in [3.63, 3.8) is 0 Å². The Kier molecular flexibility index (Phi) is 2.12. The summed E-state index contributed by atoms with van der Waals surface area (Å²) in [5, 5.41) is 7.06. The normalized spacial score (nSPS) is 18.2. The van der Waals surface area contributed by atoms with Gasteiger partial charge in [-0.15, -0.1) is 0 Å². The molecule has 1 N–H and O–H groups in total. The summed E-state index contributed by atoms with van der Waals surface area (Å²) in [6.45, 7) is 2.10. The second-order valence-electron chi connectivity index (χ2n) is 3.92. The van der Waals surface area contributed by atoms with Crippen LogP contribution in [0.3, 0.4) is 0 Å². The number of amides is 1. The number of nitrogens with one attached hydrogen (secondary N) is 1. The molecule has 0 unspecified atom stereocenters. The fourth-order valence-electron chi connectivity index (χ4n) is 1.27. The molecule has 1 aromatic heterocycles. The van der Waals surface area contributed by atoms with Crippen LogP contribution in [0, 0.1) is 0 Å². The molecular weight excluding hydrogens is 182 g/mol. The number of carbonyl (C=O) groups is 1. The fraction of sp³-hybridized carbons (Fsp3) is 0.500. The lowest BCUT2D eigenvalue weighted by Crippen LogP contribution is -2.35. The van der Waals surface area contributed by atoms with E-state index in [9.17, 15) is 4.79 Å². The maximum absolute atomic E-state index is 11.5. The van der Waals surface area contributed by atoms with Crippen molar-refractivity contribution in [1.82, 2.24) is 5.32 Å². The maximum atomic E-state index is 11.5. The first-order chi connectivity index (χ1) is 6.18. The molecule has 1 aromatic rings. The van der Waals surface area contributed by atoms with Crippen LogP contribution in [0.25, 0.3) is 0 Å². The Bertz CT molecular complexity index is 301. The molecule has 2 nitrogen and oxygen atoms in total. The van der Waals surface area contributed by atoms with E-state index < -0.39 is 0 Å². The summed E-state index contributed by atoms with van der Waals surface area (Å²) in [6, 6.07) is 2.00. The summed E-state index contributed by atoms with van der Waals surface area (Å²) in [6.07, 6.45) is 2.78. The van der Waals surface area contributed by atoms with Crippen LogP contribution in [0.4, 0.5) is 0 Å². The van der Waals surface area contributed by atoms with Crippen molar-refractivity contribution in [3.05, 3.63) is 22.4 Å². The predicted molar refractivity (Wildman–Crippen MR) is 53.8 cm³/mol. The lowest BCUT2D eigenvalue weighted by atomic mass is 10.2. The van der Waals surface area contributed by atoms with E-state index in [-0.39, 0.29) is 11.4 Å². The van der Waals surface area contributed by atoms with Gasteiger partial charge < -0.3 is 5.32 Å². The molecule has 0 saturated heterocycles. The third-order valence-corrected chi connectivity index (χ3v) is 3.12. The minimum atomic E-state index is 0.118. The number of carbonyl (C=O) groups excluding carboxylic acids is 1. The Balaban J connectivity index is 1.85. The Morgan fingerprint density at radius 3 is 3.00 bits per heavy atom. The first-order valence-electron chi connectivity index (χ1n) is 4.50. The smallest absolute Gasteiger partial charge is 0.224 e. The molecule has 13 heavy (non-hydrogen) atoms. The second kappa shape index (κ2) is 3.14.